The molecule has 0 spiro atoms. The van der Waals surface area contributed by atoms with Crippen LogP contribution in [0.15, 0.2) is 36.4 Å². The highest BCUT2D eigenvalue weighted by Crippen LogP contribution is 2.43. The molecule has 5 heteroatoms. The number of nitrogens with two attached hydrogens (primary N) is 1. The molecule has 3 N–H and O–H groups in total. The number of H-pyrrole nitrogens is 1. The van der Waals surface area contributed by atoms with E-state index in [-0.39, 0.29) is 5.78 Å². The first-order chi connectivity index (χ1) is 11.8. The lowest BCUT2D eigenvalue weighted by Crippen LogP contribution is -2.31. The van der Waals surface area contributed by atoms with Gasteiger partial charge in [0.25, 0.3) is 0 Å². The minimum absolute atomic E-state index is 0.0868. The number of aromatic nitrogens is 1. The van der Waals surface area contributed by atoms with Gasteiger partial charge in [-0.2, -0.15) is 5.26 Å². The van der Waals surface area contributed by atoms with Crippen molar-refractivity contribution in [2.24, 2.45) is 5.73 Å². The van der Waals surface area contributed by atoms with E-state index in [1.807, 2.05) is 13.8 Å². The average molecular weight is 329 g/mol. The number of rotatable bonds is 1. The van der Waals surface area contributed by atoms with Crippen LogP contribution in [0.4, 0.5) is 0 Å². The molecule has 5 nitrogen and oxygen atoms in total. The topological polar surface area (TPSA) is 99.7 Å². The van der Waals surface area contributed by atoms with Crippen LogP contribution in [-0.4, -0.2) is 16.7 Å². The normalized spacial score (nSPS) is 14.7. The van der Waals surface area contributed by atoms with Gasteiger partial charge in [-0.25, -0.2) is 0 Å². The van der Waals surface area contributed by atoms with E-state index >= 15 is 0 Å². The minimum atomic E-state index is -0.521. The molecule has 25 heavy (non-hydrogen) atoms. The van der Waals surface area contributed by atoms with E-state index < -0.39 is 11.3 Å². The van der Waals surface area contributed by atoms with Gasteiger partial charge in [-0.1, -0.05) is 19.9 Å². The number of amides is 1. The molecule has 1 heterocycles. The molecule has 0 radical (unpaired) electrons. The molecule has 2 aromatic carbocycles. The Morgan fingerprint density at radius 2 is 1.96 bits per heavy atom. The molecular weight excluding hydrogens is 314 g/mol. The van der Waals surface area contributed by atoms with E-state index in [0.717, 1.165) is 22.2 Å². The van der Waals surface area contributed by atoms with E-state index in [9.17, 15) is 9.59 Å². The molecular formula is C20H15N3O2. The van der Waals surface area contributed by atoms with Crippen molar-refractivity contribution in [3.8, 4) is 6.07 Å². The number of fused-ring (bicyclic) bond motifs is 4. The fourth-order valence-electron chi connectivity index (χ4n) is 3.65. The SMILES string of the molecule is CC1(C)c2cc(C(N)=O)ccc2C(=O)c2c1[nH]c1cc(C#N)ccc21. The smallest absolute Gasteiger partial charge is 0.248 e. The van der Waals surface area contributed by atoms with Crippen molar-refractivity contribution in [2.45, 2.75) is 19.3 Å². The maximum Gasteiger partial charge on any atom is 0.248 e. The fraction of sp³-hybridized carbons (Fsp3) is 0.150. The quantitative estimate of drug-likeness (QED) is 0.717. The van der Waals surface area contributed by atoms with Gasteiger partial charge in [0.15, 0.2) is 5.78 Å². The van der Waals surface area contributed by atoms with Crippen molar-refractivity contribution < 1.29 is 9.59 Å². The molecule has 4 rings (SSSR count). The van der Waals surface area contributed by atoms with Crippen LogP contribution in [0.1, 0.15) is 56.9 Å². The maximum absolute atomic E-state index is 13.1. The van der Waals surface area contributed by atoms with Gasteiger partial charge in [0, 0.05) is 33.1 Å². The summed E-state index contributed by atoms with van der Waals surface area (Å²) in [6.45, 7) is 4.00. The van der Waals surface area contributed by atoms with Crippen LogP contribution in [0, 0.1) is 11.3 Å². The summed E-state index contributed by atoms with van der Waals surface area (Å²) in [7, 11) is 0. The highest BCUT2D eigenvalue weighted by Gasteiger charge is 2.39. The fourth-order valence-corrected chi connectivity index (χ4v) is 3.65. The number of carbonyl (C=O) groups is 2. The van der Waals surface area contributed by atoms with Crippen LogP contribution >= 0.6 is 0 Å². The molecule has 0 fully saturated rings. The second-order valence-corrected chi connectivity index (χ2v) is 6.83. The predicted octanol–water partition coefficient (Wildman–Crippen LogP) is 3.01. The molecule has 0 atom stereocenters. The molecule has 122 valence electrons. The summed E-state index contributed by atoms with van der Waals surface area (Å²) in [5.74, 6) is -0.608. The second kappa shape index (κ2) is 4.81. The third kappa shape index (κ3) is 1.94. The third-order valence-electron chi connectivity index (χ3n) is 5.00. The van der Waals surface area contributed by atoms with E-state index in [4.69, 9.17) is 11.0 Å². The summed E-state index contributed by atoms with van der Waals surface area (Å²) in [4.78, 5) is 28.0. The van der Waals surface area contributed by atoms with Gasteiger partial charge in [-0.3, -0.25) is 9.59 Å². The van der Waals surface area contributed by atoms with Crippen molar-refractivity contribution in [1.82, 2.24) is 4.98 Å². The van der Waals surface area contributed by atoms with Gasteiger partial charge >= 0.3 is 0 Å². The van der Waals surface area contributed by atoms with Gasteiger partial charge in [0.2, 0.25) is 5.91 Å². The number of benzene rings is 2. The van der Waals surface area contributed by atoms with Gasteiger partial charge in [0.05, 0.1) is 17.2 Å². The van der Waals surface area contributed by atoms with E-state index in [2.05, 4.69) is 11.1 Å². The number of aromatic amines is 1. The van der Waals surface area contributed by atoms with Crippen molar-refractivity contribution in [1.29, 1.82) is 5.26 Å². The van der Waals surface area contributed by atoms with Gasteiger partial charge in [0.1, 0.15) is 0 Å². The molecule has 1 aliphatic carbocycles. The first kappa shape index (κ1) is 15.2. The Kier molecular flexibility index (Phi) is 2.91. The first-order valence-electron chi connectivity index (χ1n) is 7.90. The summed E-state index contributed by atoms with van der Waals surface area (Å²) < 4.78 is 0. The van der Waals surface area contributed by atoms with Crippen molar-refractivity contribution in [2.75, 3.05) is 0 Å². The highest BCUT2D eigenvalue weighted by molar-refractivity contribution is 6.20. The second-order valence-electron chi connectivity index (χ2n) is 6.83. The van der Waals surface area contributed by atoms with Gasteiger partial charge < -0.3 is 10.7 Å². The Labute approximate surface area is 144 Å². The lowest BCUT2D eigenvalue weighted by atomic mass is 9.71. The van der Waals surface area contributed by atoms with Crippen LogP contribution < -0.4 is 5.73 Å². The van der Waals surface area contributed by atoms with E-state index in [1.54, 1.807) is 36.4 Å². The largest absolute Gasteiger partial charge is 0.366 e. The molecule has 0 aliphatic heterocycles. The van der Waals surface area contributed by atoms with Crippen molar-refractivity contribution in [3.05, 3.63) is 69.9 Å². The number of nitriles is 1. The molecule has 0 saturated heterocycles. The lowest BCUT2D eigenvalue weighted by Gasteiger charge is -2.32. The Morgan fingerprint density at radius 1 is 1.20 bits per heavy atom. The van der Waals surface area contributed by atoms with Crippen molar-refractivity contribution >= 4 is 22.6 Å². The summed E-state index contributed by atoms with van der Waals surface area (Å²) in [5.41, 5.74) is 9.33. The van der Waals surface area contributed by atoms with Crippen LogP contribution in [-0.2, 0) is 5.41 Å². The predicted molar refractivity (Wildman–Crippen MR) is 93.5 cm³/mol. The standard InChI is InChI=1S/C20H15N3O2/c1-20(2)14-8-11(19(22)25)4-6-12(14)17(24)16-13-5-3-10(9-21)7-15(13)23-18(16)20/h3-8,23H,1-2H3,(H2,22,25). The Balaban J connectivity index is 2.05. The molecule has 3 aromatic rings. The number of hydrogen-bond acceptors (Lipinski definition) is 3. The molecule has 0 bridgehead atoms. The molecule has 1 aliphatic rings. The lowest BCUT2D eigenvalue weighted by molar-refractivity contribution is 0.0995. The summed E-state index contributed by atoms with van der Waals surface area (Å²) in [6, 6.07) is 12.3. The van der Waals surface area contributed by atoms with Gasteiger partial charge in [-0.15, -0.1) is 0 Å². The van der Waals surface area contributed by atoms with Crippen LogP contribution in [0.3, 0.4) is 0 Å². The molecule has 1 amide bonds. The van der Waals surface area contributed by atoms with Gasteiger partial charge in [-0.05, 0) is 35.9 Å². The summed E-state index contributed by atoms with van der Waals surface area (Å²) in [6.07, 6.45) is 0. The highest BCUT2D eigenvalue weighted by atomic mass is 16.1. The number of ketones is 1. The van der Waals surface area contributed by atoms with Crippen molar-refractivity contribution in [3.63, 3.8) is 0 Å². The third-order valence-corrected chi connectivity index (χ3v) is 5.00. The monoisotopic (exact) mass is 329 g/mol. The number of nitrogens with zero attached hydrogens (tertiary/aromatic N) is 1. The van der Waals surface area contributed by atoms with E-state index in [0.29, 0.717) is 22.3 Å². The summed E-state index contributed by atoms with van der Waals surface area (Å²) in [5, 5.41) is 9.91. The maximum atomic E-state index is 13.1. The molecule has 0 unspecified atom stereocenters. The van der Waals surface area contributed by atoms with E-state index in [1.165, 1.54) is 0 Å². The average Bonchev–Trinajstić information content (AvgIpc) is 2.99. The molecule has 0 saturated carbocycles. The number of carbonyl (C=O) groups excluding carboxylic acids is 2. The Hall–Kier alpha value is -3.39. The minimum Gasteiger partial charge on any atom is -0.366 e. The Morgan fingerprint density at radius 3 is 2.64 bits per heavy atom. The van der Waals surface area contributed by atoms with Crippen LogP contribution in [0.25, 0.3) is 10.9 Å². The number of primary amides is 1. The number of hydrogen-bond donors (Lipinski definition) is 2. The summed E-state index contributed by atoms with van der Waals surface area (Å²) >= 11 is 0. The number of nitrogens with one attached hydrogen (secondary N) is 1. The molecule has 1 aromatic heterocycles. The zero-order valence-electron chi connectivity index (χ0n) is 13.8. The first-order valence-corrected chi connectivity index (χ1v) is 7.90. The van der Waals surface area contributed by atoms with Crippen LogP contribution in [0.5, 0.6) is 0 Å². The Bertz CT molecular complexity index is 1130. The van der Waals surface area contributed by atoms with Crippen LogP contribution in [0.2, 0.25) is 0 Å². The zero-order valence-corrected chi connectivity index (χ0v) is 13.8. The zero-order chi connectivity index (χ0) is 17.9.